The van der Waals surface area contributed by atoms with E-state index >= 15 is 0 Å². The molecule has 2 fully saturated rings. The van der Waals surface area contributed by atoms with Crippen molar-refractivity contribution in [3.63, 3.8) is 0 Å². The number of hydrogen-bond acceptors (Lipinski definition) is 8. The maximum absolute atomic E-state index is 13.7. The summed E-state index contributed by atoms with van der Waals surface area (Å²) in [5.74, 6) is -1.01. The first kappa shape index (κ1) is 29.3. The Bertz CT molecular complexity index is 1330. The van der Waals surface area contributed by atoms with Gasteiger partial charge >= 0.3 is 0 Å². The average Bonchev–Trinajstić information content (AvgIpc) is 3.37. The van der Waals surface area contributed by atoms with Gasteiger partial charge in [-0.1, -0.05) is 17.7 Å². The van der Waals surface area contributed by atoms with Crippen molar-refractivity contribution in [1.82, 2.24) is 19.8 Å². The highest BCUT2D eigenvalue weighted by molar-refractivity contribution is 7.89. The number of piperazine rings is 1. The fraction of sp³-hybridized carbons (Fsp3) is 0.480. The van der Waals surface area contributed by atoms with Gasteiger partial charge in [-0.25, -0.2) is 8.42 Å². The zero-order valence-electron chi connectivity index (χ0n) is 21.8. The summed E-state index contributed by atoms with van der Waals surface area (Å²) in [5, 5.41) is 2.66. The van der Waals surface area contributed by atoms with Crippen LogP contribution in [0.3, 0.4) is 0 Å². The maximum Gasteiger partial charge on any atom is 0.261 e. The first-order chi connectivity index (χ1) is 18.6. The van der Waals surface area contributed by atoms with Gasteiger partial charge in [0, 0.05) is 45.7 Å². The van der Waals surface area contributed by atoms with Crippen molar-refractivity contribution >= 4 is 56.4 Å². The SMILES string of the molecule is COc1c(N2CCCCC2=O)cccc1S(=O)(=O)N[C@@H](CNC(=O)c1ccc(Cl)s1)C(=O)N1CCN(C)CC1. The number of halogens is 1. The molecule has 1 aromatic carbocycles. The Morgan fingerprint density at radius 1 is 1.10 bits per heavy atom. The number of para-hydroxylation sites is 1. The molecule has 212 valence electrons. The lowest BCUT2D eigenvalue weighted by molar-refractivity contribution is -0.134. The Kier molecular flexibility index (Phi) is 9.49. The molecule has 0 radical (unpaired) electrons. The van der Waals surface area contributed by atoms with Crippen LogP contribution in [0.25, 0.3) is 0 Å². The summed E-state index contributed by atoms with van der Waals surface area (Å²) >= 11 is 7.02. The van der Waals surface area contributed by atoms with Gasteiger partial charge in [-0.05, 0) is 44.2 Å². The molecule has 1 aromatic heterocycles. The summed E-state index contributed by atoms with van der Waals surface area (Å²) in [7, 11) is -1.04. The second kappa shape index (κ2) is 12.6. The largest absolute Gasteiger partial charge is 0.493 e. The number of carbonyl (C=O) groups is 3. The van der Waals surface area contributed by atoms with Crippen LogP contribution in [-0.2, 0) is 19.6 Å². The van der Waals surface area contributed by atoms with E-state index in [1.807, 2.05) is 7.05 Å². The standard InChI is InChI=1S/C25H32ClN5O6S2/c1-29-12-14-30(15-13-29)25(34)17(16-27-24(33)19-9-10-21(26)38-19)28-39(35,36)20-7-5-6-18(23(20)37-2)31-11-4-3-8-22(31)32/h5-7,9-10,17,28H,3-4,8,11-16H2,1-2H3,(H,27,33)/t17-/m0/s1. The molecule has 0 spiro atoms. The van der Waals surface area contributed by atoms with E-state index in [1.54, 1.807) is 23.1 Å². The molecule has 2 N–H and O–H groups in total. The number of nitrogens with one attached hydrogen (secondary N) is 2. The molecular weight excluding hydrogens is 566 g/mol. The number of piperidine rings is 1. The minimum Gasteiger partial charge on any atom is -0.493 e. The number of nitrogens with zero attached hydrogens (tertiary/aromatic N) is 3. The van der Waals surface area contributed by atoms with Crippen LogP contribution in [0.15, 0.2) is 35.2 Å². The van der Waals surface area contributed by atoms with Crippen LogP contribution >= 0.6 is 22.9 Å². The van der Waals surface area contributed by atoms with Crippen molar-refractivity contribution in [3.8, 4) is 5.75 Å². The summed E-state index contributed by atoms with van der Waals surface area (Å²) in [4.78, 5) is 44.1. The van der Waals surface area contributed by atoms with E-state index in [0.29, 0.717) is 54.0 Å². The molecule has 1 atom stereocenters. The average molecular weight is 598 g/mol. The van der Waals surface area contributed by atoms with E-state index in [4.69, 9.17) is 16.3 Å². The molecule has 0 unspecified atom stereocenters. The van der Waals surface area contributed by atoms with Crippen molar-refractivity contribution in [2.45, 2.75) is 30.2 Å². The maximum atomic E-state index is 13.7. The molecule has 0 saturated carbocycles. The molecule has 0 bridgehead atoms. The van der Waals surface area contributed by atoms with Gasteiger partial charge in [-0.3, -0.25) is 14.4 Å². The topological polar surface area (TPSA) is 128 Å². The summed E-state index contributed by atoms with van der Waals surface area (Å²) < 4.78 is 35.8. The molecule has 39 heavy (non-hydrogen) atoms. The number of rotatable bonds is 9. The highest BCUT2D eigenvalue weighted by Crippen LogP contribution is 2.36. The molecule has 4 rings (SSSR count). The quantitative estimate of drug-likeness (QED) is 0.451. The third-order valence-electron chi connectivity index (χ3n) is 6.74. The molecule has 2 aliphatic rings. The number of hydrogen-bond donors (Lipinski definition) is 2. The molecule has 2 saturated heterocycles. The predicted octanol–water partition coefficient (Wildman–Crippen LogP) is 1.78. The van der Waals surface area contributed by atoms with Crippen LogP contribution in [0, 0.1) is 0 Å². The zero-order chi connectivity index (χ0) is 28.2. The predicted molar refractivity (Wildman–Crippen MR) is 149 cm³/mol. The highest BCUT2D eigenvalue weighted by atomic mass is 35.5. The number of methoxy groups -OCH3 is 1. The fourth-order valence-corrected chi connectivity index (χ4v) is 6.92. The minimum absolute atomic E-state index is 0.0170. The number of anilines is 1. The normalized spacial score (nSPS) is 17.7. The first-order valence-electron chi connectivity index (χ1n) is 12.6. The van der Waals surface area contributed by atoms with E-state index in [-0.39, 0.29) is 23.1 Å². The molecule has 2 aliphatic heterocycles. The van der Waals surface area contributed by atoms with E-state index in [2.05, 4.69) is 14.9 Å². The lowest BCUT2D eigenvalue weighted by Crippen LogP contribution is -2.57. The summed E-state index contributed by atoms with van der Waals surface area (Å²) in [6, 6.07) is 6.41. The number of amides is 3. The lowest BCUT2D eigenvalue weighted by atomic mass is 10.1. The Morgan fingerprint density at radius 3 is 2.49 bits per heavy atom. The number of benzene rings is 1. The second-order valence-electron chi connectivity index (χ2n) is 9.43. The number of thiophene rings is 1. The summed E-state index contributed by atoms with van der Waals surface area (Å²) in [6.07, 6.45) is 1.94. The molecule has 3 heterocycles. The van der Waals surface area contributed by atoms with Crippen LogP contribution in [0.2, 0.25) is 4.34 Å². The second-order valence-corrected chi connectivity index (χ2v) is 12.8. The Morgan fingerprint density at radius 2 is 1.85 bits per heavy atom. The van der Waals surface area contributed by atoms with Gasteiger partial charge in [0.2, 0.25) is 21.8 Å². The van der Waals surface area contributed by atoms with Crippen molar-refractivity contribution < 1.29 is 27.5 Å². The smallest absolute Gasteiger partial charge is 0.261 e. The van der Waals surface area contributed by atoms with Crippen LogP contribution in [0.4, 0.5) is 5.69 Å². The lowest BCUT2D eigenvalue weighted by Gasteiger charge is -2.34. The number of ether oxygens (including phenoxy) is 1. The van der Waals surface area contributed by atoms with Crippen LogP contribution in [0.5, 0.6) is 5.75 Å². The number of carbonyl (C=O) groups excluding carboxylic acids is 3. The first-order valence-corrected chi connectivity index (χ1v) is 15.3. The van der Waals surface area contributed by atoms with Gasteiger partial charge in [0.25, 0.3) is 5.91 Å². The van der Waals surface area contributed by atoms with Gasteiger partial charge in [0.05, 0.1) is 22.0 Å². The van der Waals surface area contributed by atoms with Crippen LogP contribution in [0.1, 0.15) is 28.9 Å². The van der Waals surface area contributed by atoms with Gasteiger partial charge in [0.15, 0.2) is 5.75 Å². The van der Waals surface area contributed by atoms with Gasteiger partial charge in [-0.15, -0.1) is 11.3 Å². The van der Waals surface area contributed by atoms with E-state index in [9.17, 15) is 22.8 Å². The van der Waals surface area contributed by atoms with Crippen molar-refractivity contribution in [3.05, 3.63) is 39.5 Å². The monoisotopic (exact) mass is 597 g/mol. The van der Waals surface area contributed by atoms with Crippen LogP contribution < -0.4 is 19.7 Å². The third-order valence-corrected chi connectivity index (χ3v) is 9.47. The Balaban J connectivity index is 1.60. The van der Waals surface area contributed by atoms with Gasteiger partial charge in [0.1, 0.15) is 10.9 Å². The molecule has 0 aliphatic carbocycles. The Hall–Kier alpha value is -2.71. The summed E-state index contributed by atoms with van der Waals surface area (Å²) in [5.41, 5.74) is 0.356. The molecule has 2 aromatic rings. The molecular formula is C25H32ClN5O6S2. The van der Waals surface area contributed by atoms with E-state index in [0.717, 1.165) is 24.2 Å². The summed E-state index contributed by atoms with van der Waals surface area (Å²) in [6.45, 7) is 2.33. The minimum atomic E-state index is -4.32. The van der Waals surface area contributed by atoms with E-state index in [1.165, 1.54) is 24.1 Å². The molecule has 11 nitrogen and oxygen atoms in total. The number of sulfonamides is 1. The van der Waals surface area contributed by atoms with E-state index < -0.39 is 27.9 Å². The van der Waals surface area contributed by atoms with Gasteiger partial charge < -0.3 is 24.8 Å². The highest BCUT2D eigenvalue weighted by Gasteiger charge is 2.34. The molecule has 3 amide bonds. The van der Waals surface area contributed by atoms with Gasteiger partial charge in [-0.2, -0.15) is 4.72 Å². The zero-order valence-corrected chi connectivity index (χ0v) is 24.2. The fourth-order valence-electron chi connectivity index (χ4n) is 4.59. The van der Waals surface area contributed by atoms with Crippen LogP contribution in [-0.4, -0.2) is 95.4 Å². The third kappa shape index (κ3) is 6.90. The van der Waals surface area contributed by atoms with Crippen molar-refractivity contribution in [2.75, 3.05) is 58.3 Å². The molecule has 14 heteroatoms. The van der Waals surface area contributed by atoms with Crippen molar-refractivity contribution in [1.29, 1.82) is 0 Å². The van der Waals surface area contributed by atoms with Crippen molar-refractivity contribution in [2.24, 2.45) is 0 Å². The number of likely N-dealkylation sites (N-methyl/N-ethyl adjacent to an activating group) is 1. The Labute approximate surface area is 237 Å².